The van der Waals surface area contributed by atoms with Crippen LogP contribution in [0.3, 0.4) is 0 Å². The second-order valence-corrected chi connectivity index (χ2v) is 11.1. The van der Waals surface area contributed by atoms with Crippen LogP contribution in [0.4, 0.5) is 17.6 Å². The average molecular weight is 548 g/mol. The van der Waals surface area contributed by atoms with Gasteiger partial charge in [0, 0.05) is 29.7 Å². The minimum atomic E-state index is -4.72. The Labute approximate surface area is 213 Å². The maximum absolute atomic E-state index is 14.3. The molecule has 3 aliphatic heterocycles. The first-order chi connectivity index (χ1) is 16.4. The van der Waals surface area contributed by atoms with Crippen molar-refractivity contribution in [2.24, 2.45) is 10.3 Å². The van der Waals surface area contributed by atoms with Gasteiger partial charge in [-0.1, -0.05) is 37.0 Å². The van der Waals surface area contributed by atoms with Gasteiger partial charge >= 0.3 is 6.18 Å². The summed E-state index contributed by atoms with van der Waals surface area (Å²) in [5.41, 5.74) is 1.14. The number of benzene rings is 1. The first kappa shape index (κ1) is 24.8. The minimum Gasteiger partial charge on any atom is -0.360 e. The summed E-state index contributed by atoms with van der Waals surface area (Å²) in [6.45, 7) is 4.69. The first-order valence-electron chi connectivity index (χ1n) is 10.8. The number of hydrogen-bond donors (Lipinski definition) is 0. The van der Waals surface area contributed by atoms with E-state index in [2.05, 4.69) is 9.38 Å². The number of ether oxygens (including phenoxy) is 1. The third-order valence-corrected chi connectivity index (χ3v) is 8.35. The van der Waals surface area contributed by atoms with E-state index in [1.165, 1.54) is 6.20 Å². The molecule has 1 amide bonds. The van der Waals surface area contributed by atoms with Crippen LogP contribution in [-0.4, -0.2) is 40.8 Å². The number of hydrogen-bond acceptors (Lipinski definition) is 5. The smallest absolute Gasteiger partial charge is 0.360 e. The lowest BCUT2D eigenvalue weighted by atomic mass is 9.87. The molecule has 3 aliphatic rings. The highest BCUT2D eigenvalue weighted by atomic mass is 35.5. The van der Waals surface area contributed by atoms with Crippen molar-refractivity contribution in [1.82, 2.24) is 9.88 Å². The number of halogens is 6. The summed E-state index contributed by atoms with van der Waals surface area (Å²) < 4.78 is 64.6. The SMILES string of the molecule is CC(C)C(=O)N1CC2(C1)OCc1cc(C3=NSC(c4cc(Cl)c(F)c(Cl)c4)(C(F)(F)F)C3)cnc12. The number of pyridine rings is 1. The third-order valence-electron chi connectivity index (χ3n) is 6.57. The fourth-order valence-corrected chi connectivity index (χ4v) is 6.10. The van der Waals surface area contributed by atoms with Gasteiger partial charge in [-0.2, -0.15) is 13.2 Å². The summed E-state index contributed by atoms with van der Waals surface area (Å²) in [5, 5.41) is -0.977. The highest BCUT2D eigenvalue weighted by Gasteiger charge is 2.60. The molecule has 186 valence electrons. The summed E-state index contributed by atoms with van der Waals surface area (Å²) in [5.74, 6) is -1.06. The molecule has 1 unspecified atom stereocenters. The van der Waals surface area contributed by atoms with Gasteiger partial charge in [-0.05, 0) is 35.7 Å². The van der Waals surface area contributed by atoms with E-state index in [9.17, 15) is 22.4 Å². The number of carbonyl (C=O) groups excluding carboxylic acids is 1. The van der Waals surface area contributed by atoms with Crippen LogP contribution in [0.2, 0.25) is 10.0 Å². The Bertz CT molecular complexity index is 1240. The van der Waals surface area contributed by atoms with Crippen LogP contribution >= 0.6 is 35.1 Å². The lowest BCUT2D eigenvalue weighted by molar-refractivity contribution is -0.172. The molecule has 5 nitrogen and oxygen atoms in total. The van der Waals surface area contributed by atoms with E-state index in [-0.39, 0.29) is 29.7 Å². The molecular formula is C23H19Cl2F4N3O2S. The largest absolute Gasteiger partial charge is 0.409 e. The molecule has 4 heterocycles. The molecule has 0 bridgehead atoms. The van der Waals surface area contributed by atoms with Gasteiger partial charge < -0.3 is 9.64 Å². The quantitative estimate of drug-likeness (QED) is 0.266. The van der Waals surface area contributed by atoms with Gasteiger partial charge in [0.25, 0.3) is 0 Å². The summed E-state index contributed by atoms with van der Waals surface area (Å²) >= 11 is 11.9. The van der Waals surface area contributed by atoms with E-state index in [4.69, 9.17) is 27.9 Å². The molecule has 12 heteroatoms. The molecular weight excluding hydrogens is 529 g/mol. The van der Waals surface area contributed by atoms with E-state index in [0.29, 0.717) is 36.3 Å². The lowest BCUT2D eigenvalue weighted by Gasteiger charge is -2.47. The Morgan fingerprint density at radius 3 is 2.46 bits per heavy atom. The maximum Gasteiger partial charge on any atom is 0.409 e. The highest BCUT2D eigenvalue weighted by Crippen LogP contribution is 2.57. The number of amides is 1. The van der Waals surface area contributed by atoms with E-state index in [0.717, 1.165) is 17.7 Å². The molecule has 0 saturated carbocycles. The third kappa shape index (κ3) is 3.84. The molecule has 5 rings (SSSR count). The fraction of sp³-hybridized carbons (Fsp3) is 0.435. The highest BCUT2D eigenvalue weighted by molar-refractivity contribution is 7.99. The monoisotopic (exact) mass is 547 g/mol. The predicted molar refractivity (Wildman–Crippen MR) is 125 cm³/mol. The van der Waals surface area contributed by atoms with Gasteiger partial charge in [0.15, 0.2) is 10.6 Å². The van der Waals surface area contributed by atoms with Crippen molar-refractivity contribution in [1.29, 1.82) is 0 Å². The van der Waals surface area contributed by atoms with E-state index in [1.807, 2.05) is 13.8 Å². The second-order valence-electron chi connectivity index (χ2n) is 9.25. The average Bonchev–Trinajstić information content (AvgIpc) is 3.38. The van der Waals surface area contributed by atoms with Crippen molar-refractivity contribution >= 4 is 46.8 Å². The predicted octanol–water partition coefficient (Wildman–Crippen LogP) is 6.05. The van der Waals surface area contributed by atoms with Gasteiger partial charge in [-0.15, -0.1) is 0 Å². The van der Waals surface area contributed by atoms with Crippen molar-refractivity contribution in [3.63, 3.8) is 0 Å². The molecule has 1 aromatic heterocycles. The molecule has 1 atom stereocenters. The Hall–Kier alpha value is -1.88. The van der Waals surface area contributed by atoms with Crippen LogP contribution < -0.4 is 0 Å². The van der Waals surface area contributed by atoms with Crippen LogP contribution in [0.25, 0.3) is 0 Å². The van der Waals surface area contributed by atoms with Crippen LogP contribution in [0.1, 0.15) is 42.7 Å². The number of fused-ring (bicyclic) bond motifs is 2. The van der Waals surface area contributed by atoms with Gasteiger partial charge in [0.1, 0.15) is 5.60 Å². The number of alkyl halides is 3. The zero-order valence-corrected chi connectivity index (χ0v) is 20.9. The molecule has 1 aromatic carbocycles. The van der Waals surface area contributed by atoms with Crippen LogP contribution in [0.5, 0.6) is 0 Å². The minimum absolute atomic E-state index is 0.0334. The van der Waals surface area contributed by atoms with Crippen molar-refractivity contribution < 1.29 is 27.1 Å². The molecule has 0 N–H and O–H groups in total. The van der Waals surface area contributed by atoms with Crippen molar-refractivity contribution in [3.05, 3.63) is 62.6 Å². The standard InChI is InChI=1S/C23H19Cl2F4N3O2S/c1-11(2)20(33)32-9-21(10-32)19-13(8-34-21)3-12(7-30-19)17-6-22(35-31-17,23(27,28)29)14-4-15(24)18(26)16(25)5-14/h3-5,7,11H,6,8-10H2,1-2H3. The molecule has 1 spiro atoms. The number of likely N-dealkylation sites (tertiary alicyclic amines) is 1. The van der Waals surface area contributed by atoms with Crippen LogP contribution in [-0.2, 0) is 26.5 Å². The summed E-state index contributed by atoms with van der Waals surface area (Å²) in [6.07, 6.45) is -3.73. The Balaban J connectivity index is 1.42. The molecule has 0 aliphatic carbocycles. The zero-order valence-electron chi connectivity index (χ0n) is 18.5. The Kier molecular flexibility index (Phi) is 5.90. The van der Waals surface area contributed by atoms with E-state index < -0.39 is 38.8 Å². The van der Waals surface area contributed by atoms with Crippen molar-refractivity contribution in [2.45, 2.75) is 43.4 Å². The molecule has 2 aromatic rings. The van der Waals surface area contributed by atoms with Gasteiger partial charge in [-0.3, -0.25) is 9.78 Å². The number of aromatic nitrogens is 1. The normalized spacial score (nSPS) is 23.0. The topological polar surface area (TPSA) is 54.8 Å². The zero-order chi connectivity index (χ0) is 25.3. The fourth-order valence-electron chi connectivity index (χ4n) is 4.65. The maximum atomic E-state index is 14.3. The lowest BCUT2D eigenvalue weighted by Crippen LogP contribution is -2.62. The van der Waals surface area contributed by atoms with Crippen molar-refractivity contribution in [2.75, 3.05) is 13.1 Å². The summed E-state index contributed by atoms with van der Waals surface area (Å²) in [6, 6.07) is 3.63. The number of rotatable bonds is 3. The summed E-state index contributed by atoms with van der Waals surface area (Å²) in [7, 11) is 0. The number of carbonyl (C=O) groups is 1. The summed E-state index contributed by atoms with van der Waals surface area (Å²) in [4.78, 5) is 18.5. The molecule has 35 heavy (non-hydrogen) atoms. The molecule has 0 radical (unpaired) electrons. The molecule has 1 saturated heterocycles. The Morgan fingerprint density at radius 1 is 1.20 bits per heavy atom. The van der Waals surface area contributed by atoms with Gasteiger partial charge in [-0.25, -0.2) is 8.79 Å². The van der Waals surface area contributed by atoms with Crippen molar-refractivity contribution in [3.8, 4) is 0 Å². The Morgan fingerprint density at radius 2 is 1.86 bits per heavy atom. The van der Waals surface area contributed by atoms with E-state index in [1.54, 1.807) is 11.0 Å². The van der Waals surface area contributed by atoms with Gasteiger partial charge in [0.2, 0.25) is 5.91 Å². The van der Waals surface area contributed by atoms with Gasteiger partial charge in [0.05, 0.1) is 41.1 Å². The molecule has 1 fully saturated rings. The van der Waals surface area contributed by atoms with Crippen LogP contribution in [0, 0.1) is 11.7 Å². The van der Waals surface area contributed by atoms with E-state index >= 15 is 0 Å². The first-order valence-corrected chi connectivity index (χ1v) is 12.3. The number of nitrogens with zero attached hydrogens (tertiary/aromatic N) is 3. The van der Waals surface area contributed by atoms with Crippen LogP contribution in [0.15, 0.2) is 28.8 Å². The second kappa shape index (κ2) is 8.33.